The molecule has 2 aromatic rings. The number of carboxylic acid groups (broad SMARTS) is 1. The van der Waals surface area contributed by atoms with Crippen molar-refractivity contribution in [1.29, 1.82) is 0 Å². The van der Waals surface area contributed by atoms with Gasteiger partial charge in [0.1, 0.15) is 5.75 Å². The van der Waals surface area contributed by atoms with Crippen LogP contribution in [0.1, 0.15) is 30.5 Å². The van der Waals surface area contributed by atoms with Crippen molar-refractivity contribution >= 4 is 11.9 Å². The van der Waals surface area contributed by atoms with E-state index in [-0.39, 0.29) is 23.7 Å². The van der Waals surface area contributed by atoms with Gasteiger partial charge in [-0.3, -0.25) is 4.79 Å². The van der Waals surface area contributed by atoms with Crippen molar-refractivity contribution in [3.8, 4) is 11.5 Å². The first kappa shape index (κ1) is 21.2. The molecule has 0 aliphatic carbocycles. The fraction of sp³-hybridized carbons (Fsp3) is 0.333. The van der Waals surface area contributed by atoms with Crippen molar-refractivity contribution in [2.24, 2.45) is 5.92 Å². The minimum atomic E-state index is -1.34. The highest BCUT2D eigenvalue weighted by Crippen LogP contribution is 2.24. The van der Waals surface area contributed by atoms with E-state index in [9.17, 15) is 19.1 Å². The minimum Gasteiger partial charge on any atom is -0.496 e. The normalized spacial score (nSPS) is 12.7. The Labute approximate surface area is 163 Å². The highest BCUT2D eigenvalue weighted by Gasteiger charge is 2.24. The van der Waals surface area contributed by atoms with E-state index in [1.807, 2.05) is 31.2 Å². The van der Waals surface area contributed by atoms with E-state index in [4.69, 9.17) is 9.47 Å². The number of amides is 1. The molecular weight excluding hydrogens is 365 g/mol. The van der Waals surface area contributed by atoms with Crippen LogP contribution in [0.5, 0.6) is 11.5 Å². The minimum absolute atomic E-state index is 0.00430. The number of rotatable bonds is 9. The molecule has 1 amide bonds. The molecule has 2 N–H and O–H groups in total. The van der Waals surface area contributed by atoms with Gasteiger partial charge in [0.25, 0.3) is 0 Å². The van der Waals surface area contributed by atoms with Gasteiger partial charge in [0.15, 0.2) is 17.6 Å². The topological polar surface area (TPSA) is 84.9 Å². The van der Waals surface area contributed by atoms with Gasteiger partial charge >= 0.3 is 5.97 Å². The Morgan fingerprint density at radius 2 is 1.79 bits per heavy atom. The maximum Gasteiger partial charge on any atom is 0.330 e. The maximum atomic E-state index is 13.9. The van der Waals surface area contributed by atoms with Crippen LogP contribution in [0, 0.1) is 11.7 Å². The summed E-state index contributed by atoms with van der Waals surface area (Å²) < 4.78 is 24.0. The number of carbonyl (C=O) groups is 2. The van der Waals surface area contributed by atoms with E-state index in [2.05, 4.69) is 5.32 Å². The third-order valence-electron chi connectivity index (χ3n) is 4.36. The molecule has 0 spiro atoms. The molecule has 6 nitrogen and oxygen atoms in total. The lowest BCUT2D eigenvalue weighted by molar-refractivity contribution is -0.142. The summed E-state index contributed by atoms with van der Waals surface area (Å²) >= 11 is 0. The Bertz CT molecular complexity index is 839. The summed E-state index contributed by atoms with van der Waals surface area (Å²) in [5.74, 6) is -1.68. The van der Waals surface area contributed by atoms with E-state index in [0.717, 1.165) is 17.4 Å². The number of carboxylic acids is 1. The molecule has 0 aliphatic rings. The molecule has 2 rings (SSSR count). The number of halogens is 1. The highest BCUT2D eigenvalue weighted by molar-refractivity contribution is 5.84. The number of carbonyl (C=O) groups excluding carboxylic acids is 1. The summed E-state index contributed by atoms with van der Waals surface area (Å²) in [4.78, 5) is 23.9. The average Bonchev–Trinajstić information content (AvgIpc) is 2.66. The van der Waals surface area contributed by atoms with Gasteiger partial charge in [0.05, 0.1) is 14.2 Å². The summed E-state index contributed by atoms with van der Waals surface area (Å²) in [6.07, 6.45) is 0.729. The number of benzene rings is 2. The number of methoxy groups -OCH3 is 2. The van der Waals surface area contributed by atoms with E-state index in [1.54, 1.807) is 7.11 Å². The summed E-state index contributed by atoms with van der Waals surface area (Å²) in [6.45, 7) is 1.90. The van der Waals surface area contributed by atoms with Crippen LogP contribution in [0.2, 0.25) is 0 Å². The van der Waals surface area contributed by atoms with Crippen LogP contribution < -0.4 is 14.8 Å². The SMILES string of the molecule is COc1ccc(C(NC(=O)CC(C)Cc2ccccc2OC)C(=O)O)cc1F. The van der Waals surface area contributed by atoms with Crippen molar-refractivity contribution in [3.05, 3.63) is 59.4 Å². The molecule has 0 saturated heterocycles. The van der Waals surface area contributed by atoms with Crippen LogP contribution in [0.15, 0.2) is 42.5 Å². The average molecular weight is 389 g/mol. The predicted octanol–water partition coefficient (Wildman–Crippen LogP) is 3.35. The summed E-state index contributed by atoms with van der Waals surface area (Å²) in [5, 5.41) is 11.9. The second-order valence-corrected chi connectivity index (χ2v) is 6.56. The van der Waals surface area contributed by atoms with Crippen molar-refractivity contribution < 1.29 is 28.6 Å². The molecule has 2 atom stereocenters. The fourth-order valence-electron chi connectivity index (χ4n) is 3.01. The van der Waals surface area contributed by atoms with Crippen molar-refractivity contribution in [2.45, 2.75) is 25.8 Å². The number of nitrogens with one attached hydrogen (secondary N) is 1. The lowest BCUT2D eigenvalue weighted by Gasteiger charge is -2.18. The van der Waals surface area contributed by atoms with Crippen LogP contribution in [0.25, 0.3) is 0 Å². The van der Waals surface area contributed by atoms with Gasteiger partial charge in [-0.2, -0.15) is 0 Å². The van der Waals surface area contributed by atoms with Gasteiger partial charge < -0.3 is 19.9 Å². The molecule has 0 saturated carbocycles. The van der Waals surface area contributed by atoms with E-state index in [1.165, 1.54) is 19.2 Å². The van der Waals surface area contributed by atoms with Crippen molar-refractivity contribution in [1.82, 2.24) is 5.32 Å². The van der Waals surface area contributed by atoms with Crippen LogP contribution >= 0.6 is 0 Å². The van der Waals surface area contributed by atoms with Gasteiger partial charge in [-0.05, 0) is 41.7 Å². The number of para-hydroxylation sites is 1. The molecule has 2 aromatic carbocycles. The Morgan fingerprint density at radius 1 is 1.11 bits per heavy atom. The molecular formula is C21H24FNO5. The Morgan fingerprint density at radius 3 is 2.39 bits per heavy atom. The molecule has 150 valence electrons. The number of hydrogen-bond donors (Lipinski definition) is 2. The Hall–Kier alpha value is -3.09. The summed E-state index contributed by atoms with van der Waals surface area (Å²) in [5.41, 5.74) is 1.11. The lowest BCUT2D eigenvalue weighted by atomic mass is 9.96. The molecule has 0 aliphatic heterocycles. The van der Waals surface area contributed by atoms with Crippen molar-refractivity contribution in [3.63, 3.8) is 0 Å². The fourth-order valence-corrected chi connectivity index (χ4v) is 3.01. The zero-order valence-corrected chi connectivity index (χ0v) is 16.1. The van der Waals surface area contributed by atoms with E-state index < -0.39 is 23.7 Å². The molecule has 2 unspecified atom stereocenters. The molecule has 0 aromatic heterocycles. The molecule has 7 heteroatoms. The maximum absolute atomic E-state index is 13.9. The van der Waals surface area contributed by atoms with Crippen LogP contribution in [0.3, 0.4) is 0 Å². The van der Waals surface area contributed by atoms with Gasteiger partial charge in [0, 0.05) is 6.42 Å². The smallest absolute Gasteiger partial charge is 0.330 e. The molecule has 0 heterocycles. The second-order valence-electron chi connectivity index (χ2n) is 6.56. The Balaban J connectivity index is 2.04. The molecule has 28 heavy (non-hydrogen) atoms. The molecule has 0 bridgehead atoms. The first-order chi connectivity index (χ1) is 13.3. The summed E-state index contributed by atoms with van der Waals surface area (Å²) in [6, 6.07) is 9.99. The third kappa shape index (κ3) is 5.45. The highest BCUT2D eigenvalue weighted by atomic mass is 19.1. The number of ether oxygens (including phenoxy) is 2. The van der Waals surface area contributed by atoms with E-state index >= 15 is 0 Å². The monoisotopic (exact) mass is 389 g/mol. The van der Waals surface area contributed by atoms with Gasteiger partial charge in [-0.1, -0.05) is 31.2 Å². The number of aliphatic carboxylic acids is 1. The van der Waals surface area contributed by atoms with Gasteiger partial charge in [-0.15, -0.1) is 0 Å². The third-order valence-corrected chi connectivity index (χ3v) is 4.36. The van der Waals surface area contributed by atoms with Gasteiger partial charge in [-0.25, -0.2) is 9.18 Å². The first-order valence-corrected chi connectivity index (χ1v) is 8.83. The standard InChI is InChI=1S/C21H24FNO5/c1-13(10-14-6-4-5-7-17(14)27-2)11-19(24)23-20(21(25)26)15-8-9-18(28-3)16(22)12-15/h4-9,12-13,20H,10-11H2,1-3H3,(H,23,24)(H,25,26). The van der Waals surface area contributed by atoms with Crippen molar-refractivity contribution in [2.75, 3.05) is 14.2 Å². The predicted molar refractivity (Wildman–Crippen MR) is 102 cm³/mol. The zero-order valence-electron chi connectivity index (χ0n) is 16.1. The van der Waals surface area contributed by atoms with Crippen LogP contribution in [0.4, 0.5) is 4.39 Å². The largest absolute Gasteiger partial charge is 0.496 e. The first-order valence-electron chi connectivity index (χ1n) is 8.83. The van der Waals surface area contributed by atoms with Gasteiger partial charge in [0.2, 0.25) is 5.91 Å². The van der Waals surface area contributed by atoms with Crippen LogP contribution in [-0.4, -0.2) is 31.2 Å². The van der Waals surface area contributed by atoms with E-state index in [0.29, 0.717) is 6.42 Å². The second kappa shape index (κ2) is 9.73. The number of hydrogen-bond acceptors (Lipinski definition) is 4. The zero-order chi connectivity index (χ0) is 20.7. The Kier molecular flexibility index (Phi) is 7.37. The summed E-state index contributed by atoms with van der Waals surface area (Å²) in [7, 11) is 2.90. The molecule has 0 fully saturated rings. The molecule has 0 radical (unpaired) electrons. The lowest BCUT2D eigenvalue weighted by Crippen LogP contribution is -2.34. The quantitative estimate of drug-likeness (QED) is 0.687. The van der Waals surface area contributed by atoms with Crippen LogP contribution in [-0.2, 0) is 16.0 Å².